The molecule has 0 bridgehead atoms. The third kappa shape index (κ3) is 1.61. The van der Waals surface area contributed by atoms with Gasteiger partial charge in [0.2, 0.25) is 0 Å². The highest BCUT2D eigenvalue weighted by molar-refractivity contribution is 5.55. The molecular formula is C14H21NO. The molecule has 0 unspecified atom stereocenters. The van der Waals surface area contributed by atoms with E-state index in [0.29, 0.717) is 5.75 Å². The van der Waals surface area contributed by atoms with Crippen LogP contribution in [-0.2, 0) is 11.8 Å². The van der Waals surface area contributed by atoms with Crippen LogP contribution < -0.4 is 5.73 Å². The number of aryl methyl sites for hydroxylation is 1. The zero-order valence-corrected chi connectivity index (χ0v) is 10.6. The van der Waals surface area contributed by atoms with E-state index in [9.17, 15) is 5.11 Å². The van der Waals surface area contributed by atoms with Crippen LogP contribution in [0, 0.1) is 6.92 Å². The molecule has 0 spiro atoms. The van der Waals surface area contributed by atoms with Gasteiger partial charge in [0, 0.05) is 11.6 Å². The Hall–Kier alpha value is -1.02. The lowest BCUT2D eigenvalue weighted by Gasteiger charge is -2.24. The number of hydrogen-bond acceptors (Lipinski definition) is 2. The van der Waals surface area contributed by atoms with Gasteiger partial charge < -0.3 is 10.8 Å². The highest BCUT2D eigenvalue weighted by Gasteiger charge is 2.29. The Morgan fingerprint density at radius 1 is 1.38 bits per heavy atom. The van der Waals surface area contributed by atoms with Crippen LogP contribution in [0.25, 0.3) is 0 Å². The van der Waals surface area contributed by atoms with Crippen molar-refractivity contribution in [1.82, 2.24) is 0 Å². The van der Waals surface area contributed by atoms with Crippen LogP contribution in [0.15, 0.2) is 6.07 Å². The number of benzene rings is 1. The summed E-state index contributed by atoms with van der Waals surface area (Å²) in [6.45, 7) is 8.47. The second kappa shape index (κ2) is 3.49. The van der Waals surface area contributed by atoms with E-state index in [-0.39, 0.29) is 11.5 Å². The molecule has 1 aliphatic carbocycles. The number of phenols is 1. The topological polar surface area (TPSA) is 46.2 Å². The fourth-order valence-corrected chi connectivity index (χ4v) is 2.62. The van der Waals surface area contributed by atoms with Crippen LogP contribution in [0.4, 0.5) is 0 Å². The minimum Gasteiger partial charge on any atom is -0.507 e. The summed E-state index contributed by atoms with van der Waals surface area (Å²) < 4.78 is 0. The molecule has 0 aliphatic heterocycles. The first-order chi connectivity index (χ1) is 7.32. The molecule has 0 amide bonds. The molecule has 1 aliphatic rings. The summed E-state index contributed by atoms with van der Waals surface area (Å²) in [5, 5.41) is 10.4. The second-order valence-corrected chi connectivity index (χ2v) is 5.88. The zero-order valence-electron chi connectivity index (χ0n) is 10.6. The average Bonchev–Trinajstić information content (AvgIpc) is 2.53. The number of fused-ring (bicyclic) bond motifs is 1. The summed E-state index contributed by atoms with van der Waals surface area (Å²) >= 11 is 0. The molecule has 0 heterocycles. The van der Waals surface area contributed by atoms with E-state index >= 15 is 0 Å². The van der Waals surface area contributed by atoms with E-state index in [0.717, 1.165) is 24.0 Å². The van der Waals surface area contributed by atoms with Gasteiger partial charge in [0.15, 0.2) is 0 Å². The molecule has 2 heteroatoms. The number of phenolic OH excluding ortho intramolecular Hbond substituents is 1. The lowest BCUT2D eigenvalue weighted by atomic mass is 9.82. The zero-order chi connectivity index (χ0) is 12.1. The maximum Gasteiger partial charge on any atom is 0.124 e. The monoisotopic (exact) mass is 219 g/mol. The van der Waals surface area contributed by atoms with Crippen molar-refractivity contribution in [3.63, 3.8) is 0 Å². The number of nitrogens with two attached hydrogens (primary N) is 1. The van der Waals surface area contributed by atoms with Gasteiger partial charge in [0.1, 0.15) is 5.75 Å². The first-order valence-electron chi connectivity index (χ1n) is 5.93. The minimum atomic E-state index is -0.0355. The molecule has 1 atom stereocenters. The number of aromatic hydroxyl groups is 1. The van der Waals surface area contributed by atoms with Crippen LogP contribution in [0.3, 0.4) is 0 Å². The predicted octanol–water partition coefficient (Wildman–Crippen LogP) is 2.94. The quantitative estimate of drug-likeness (QED) is 0.704. The normalized spacial score (nSPS) is 19.9. The minimum absolute atomic E-state index is 0.0102. The van der Waals surface area contributed by atoms with Crippen LogP contribution in [-0.4, -0.2) is 5.11 Å². The van der Waals surface area contributed by atoms with Gasteiger partial charge in [-0.2, -0.15) is 0 Å². The Kier molecular flexibility index (Phi) is 2.50. The number of hydrogen-bond donors (Lipinski definition) is 2. The van der Waals surface area contributed by atoms with Gasteiger partial charge in [0.25, 0.3) is 0 Å². The smallest absolute Gasteiger partial charge is 0.124 e. The van der Waals surface area contributed by atoms with Crippen molar-refractivity contribution < 1.29 is 5.11 Å². The summed E-state index contributed by atoms with van der Waals surface area (Å²) in [7, 11) is 0. The lowest BCUT2D eigenvalue weighted by molar-refractivity contribution is 0.436. The molecule has 0 aromatic heterocycles. The van der Waals surface area contributed by atoms with E-state index in [1.54, 1.807) is 0 Å². The first-order valence-corrected chi connectivity index (χ1v) is 5.93. The molecule has 0 saturated carbocycles. The van der Waals surface area contributed by atoms with Crippen LogP contribution in [0.5, 0.6) is 5.75 Å². The lowest BCUT2D eigenvalue weighted by Crippen LogP contribution is -2.14. The van der Waals surface area contributed by atoms with Crippen molar-refractivity contribution in [2.45, 2.75) is 52.0 Å². The Morgan fingerprint density at radius 2 is 2.00 bits per heavy atom. The Balaban J connectivity index is 2.69. The maximum absolute atomic E-state index is 10.4. The summed E-state index contributed by atoms with van der Waals surface area (Å²) in [5.74, 6) is 0.429. The molecule has 0 saturated heterocycles. The van der Waals surface area contributed by atoms with Crippen molar-refractivity contribution in [3.8, 4) is 5.75 Å². The molecule has 16 heavy (non-hydrogen) atoms. The Morgan fingerprint density at radius 3 is 2.56 bits per heavy atom. The summed E-state index contributed by atoms with van der Waals surface area (Å²) in [6.07, 6.45) is 1.96. The molecule has 3 N–H and O–H groups in total. The van der Waals surface area contributed by atoms with Gasteiger partial charge in [-0.1, -0.05) is 26.8 Å². The van der Waals surface area contributed by atoms with Crippen LogP contribution in [0.1, 0.15) is 55.5 Å². The van der Waals surface area contributed by atoms with Gasteiger partial charge in [-0.3, -0.25) is 0 Å². The van der Waals surface area contributed by atoms with Crippen molar-refractivity contribution in [3.05, 3.63) is 28.3 Å². The standard InChI is InChI=1S/C14H21NO/c1-8-7-10(14(2,3)4)13(16)12-9(8)5-6-11(12)15/h7,11,16H,5-6,15H2,1-4H3/t11-/m1/s1. The van der Waals surface area contributed by atoms with Crippen molar-refractivity contribution in [2.75, 3.05) is 0 Å². The van der Waals surface area contributed by atoms with Gasteiger partial charge in [-0.25, -0.2) is 0 Å². The summed E-state index contributed by atoms with van der Waals surface area (Å²) in [4.78, 5) is 0. The SMILES string of the molecule is Cc1cc(C(C)(C)C)c(O)c2c1CC[C@H]2N. The van der Waals surface area contributed by atoms with Gasteiger partial charge in [0.05, 0.1) is 0 Å². The van der Waals surface area contributed by atoms with E-state index in [1.165, 1.54) is 11.1 Å². The molecule has 88 valence electrons. The molecular weight excluding hydrogens is 198 g/mol. The molecule has 1 aromatic rings. The van der Waals surface area contributed by atoms with Gasteiger partial charge >= 0.3 is 0 Å². The Labute approximate surface area is 97.5 Å². The molecule has 0 radical (unpaired) electrons. The molecule has 2 nitrogen and oxygen atoms in total. The van der Waals surface area contributed by atoms with Crippen molar-refractivity contribution >= 4 is 0 Å². The fraction of sp³-hybridized carbons (Fsp3) is 0.571. The van der Waals surface area contributed by atoms with E-state index < -0.39 is 0 Å². The maximum atomic E-state index is 10.4. The summed E-state index contributed by atoms with van der Waals surface area (Å²) in [6, 6.07) is 2.13. The highest BCUT2D eigenvalue weighted by Crippen LogP contribution is 2.43. The van der Waals surface area contributed by atoms with Crippen molar-refractivity contribution in [2.24, 2.45) is 5.73 Å². The van der Waals surface area contributed by atoms with E-state index in [1.807, 2.05) is 0 Å². The third-order valence-corrected chi connectivity index (χ3v) is 3.56. The van der Waals surface area contributed by atoms with Crippen LogP contribution >= 0.6 is 0 Å². The molecule has 0 fully saturated rings. The van der Waals surface area contributed by atoms with Gasteiger partial charge in [-0.15, -0.1) is 0 Å². The summed E-state index contributed by atoms with van der Waals surface area (Å²) in [5.41, 5.74) is 10.6. The van der Waals surface area contributed by atoms with E-state index in [2.05, 4.69) is 33.8 Å². The second-order valence-electron chi connectivity index (χ2n) is 5.88. The highest BCUT2D eigenvalue weighted by atomic mass is 16.3. The van der Waals surface area contributed by atoms with E-state index in [4.69, 9.17) is 5.73 Å². The molecule has 1 aromatic carbocycles. The largest absolute Gasteiger partial charge is 0.507 e. The van der Waals surface area contributed by atoms with Crippen molar-refractivity contribution in [1.29, 1.82) is 0 Å². The van der Waals surface area contributed by atoms with Crippen LogP contribution in [0.2, 0.25) is 0 Å². The third-order valence-electron chi connectivity index (χ3n) is 3.56. The average molecular weight is 219 g/mol. The van der Waals surface area contributed by atoms with Gasteiger partial charge in [-0.05, 0) is 41.9 Å². The number of rotatable bonds is 0. The first kappa shape index (κ1) is 11.5. The molecule has 2 rings (SSSR count). The Bertz CT molecular complexity index is 429. The fourth-order valence-electron chi connectivity index (χ4n) is 2.62. The predicted molar refractivity (Wildman–Crippen MR) is 66.8 cm³/mol.